The second kappa shape index (κ2) is 9.39. The maximum atomic E-state index is 12.7. The zero-order chi connectivity index (χ0) is 24.4. The van der Waals surface area contributed by atoms with Gasteiger partial charge in [0.25, 0.3) is 0 Å². The third kappa shape index (κ3) is 5.61. The number of nitrogens with one attached hydrogen (secondary N) is 3. The van der Waals surface area contributed by atoms with Gasteiger partial charge in [-0.2, -0.15) is 13.2 Å². The van der Waals surface area contributed by atoms with Gasteiger partial charge in [-0.3, -0.25) is 0 Å². The number of nitrogens with zero attached hydrogens (tertiary/aromatic N) is 4. The molecule has 0 saturated heterocycles. The quantitative estimate of drug-likeness (QED) is 0.223. The molecule has 0 atom stereocenters. The molecule has 178 valence electrons. The minimum Gasteiger partial charge on any atom is -0.424 e. The molecular formula is C22H15ClF3N7OS. The van der Waals surface area contributed by atoms with Crippen molar-refractivity contribution in [2.75, 3.05) is 10.6 Å². The van der Waals surface area contributed by atoms with E-state index in [4.69, 9.17) is 16.3 Å². The monoisotopic (exact) mass is 517 g/mol. The molecular weight excluding hydrogens is 503 g/mol. The van der Waals surface area contributed by atoms with Crippen molar-refractivity contribution in [2.45, 2.75) is 12.7 Å². The van der Waals surface area contributed by atoms with E-state index in [2.05, 4.69) is 35.6 Å². The van der Waals surface area contributed by atoms with Gasteiger partial charge in [0.15, 0.2) is 10.8 Å². The summed E-state index contributed by atoms with van der Waals surface area (Å²) in [5.74, 6) is 1.14. The molecule has 0 aliphatic carbocycles. The van der Waals surface area contributed by atoms with Crippen LogP contribution in [-0.2, 0) is 12.7 Å². The van der Waals surface area contributed by atoms with Gasteiger partial charge < -0.3 is 20.4 Å². The van der Waals surface area contributed by atoms with Gasteiger partial charge in [-0.1, -0.05) is 23.7 Å². The number of rotatable bonds is 7. The van der Waals surface area contributed by atoms with Crippen LogP contribution in [0.1, 0.15) is 11.3 Å². The molecule has 5 aromatic rings. The Morgan fingerprint density at radius 2 is 1.80 bits per heavy atom. The number of hydrogen-bond acceptors (Lipinski definition) is 8. The average molecular weight is 518 g/mol. The zero-order valence-corrected chi connectivity index (χ0v) is 19.2. The fourth-order valence-electron chi connectivity index (χ4n) is 3.08. The standard InChI is InChI=1S/C22H15ClF3N7OS/c23-13-9-28-20(29-10-13)34-15-4-1-12(2-5-15)8-27-19-31-16-6-3-14(7-17(16)32-19)30-21-33-18(11-35-21)22(24,25)26/h1-7,9-11H,8H2,(H,30,33)(H2,27,31,32). The molecule has 3 heterocycles. The van der Waals surface area contributed by atoms with Gasteiger partial charge in [0, 0.05) is 17.6 Å². The summed E-state index contributed by atoms with van der Waals surface area (Å²) in [6.07, 6.45) is -1.56. The van der Waals surface area contributed by atoms with Gasteiger partial charge in [-0.25, -0.2) is 19.9 Å². The number of alkyl halides is 3. The predicted molar refractivity (Wildman–Crippen MR) is 127 cm³/mol. The maximum absolute atomic E-state index is 12.7. The van der Waals surface area contributed by atoms with Crippen LogP contribution in [0.3, 0.4) is 0 Å². The summed E-state index contributed by atoms with van der Waals surface area (Å²) >= 11 is 6.65. The van der Waals surface area contributed by atoms with E-state index < -0.39 is 11.9 Å². The molecule has 0 bridgehead atoms. The van der Waals surface area contributed by atoms with E-state index in [0.29, 0.717) is 34.5 Å². The Bertz CT molecular complexity index is 1450. The fraction of sp³-hybridized carbons (Fsp3) is 0.0909. The molecule has 3 N–H and O–H groups in total. The first-order valence-electron chi connectivity index (χ1n) is 10.1. The van der Waals surface area contributed by atoms with Gasteiger partial charge in [-0.05, 0) is 35.9 Å². The predicted octanol–water partition coefficient (Wildman–Crippen LogP) is 6.63. The number of ether oxygens (including phenoxy) is 1. The van der Waals surface area contributed by atoms with E-state index in [9.17, 15) is 13.2 Å². The van der Waals surface area contributed by atoms with Gasteiger partial charge >= 0.3 is 12.2 Å². The second-order valence-electron chi connectivity index (χ2n) is 7.26. The molecule has 3 aromatic heterocycles. The van der Waals surface area contributed by atoms with Crippen LogP contribution in [0.25, 0.3) is 11.0 Å². The third-order valence-electron chi connectivity index (χ3n) is 4.72. The van der Waals surface area contributed by atoms with E-state index in [0.717, 1.165) is 27.8 Å². The third-order valence-corrected chi connectivity index (χ3v) is 5.67. The molecule has 5 rings (SSSR count). The Balaban J connectivity index is 1.20. The molecule has 35 heavy (non-hydrogen) atoms. The van der Waals surface area contributed by atoms with Crippen LogP contribution in [0.5, 0.6) is 11.8 Å². The van der Waals surface area contributed by atoms with Crippen molar-refractivity contribution in [1.29, 1.82) is 0 Å². The lowest BCUT2D eigenvalue weighted by Gasteiger charge is -2.06. The Kier molecular flexibility index (Phi) is 6.14. The summed E-state index contributed by atoms with van der Waals surface area (Å²) in [6, 6.07) is 12.8. The van der Waals surface area contributed by atoms with Crippen LogP contribution >= 0.6 is 22.9 Å². The van der Waals surface area contributed by atoms with Crippen molar-refractivity contribution in [3.63, 3.8) is 0 Å². The first kappa shape index (κ1) is 22.9. The van der Waals surface area contributed by atoms with Crippen LogP contribution in [0.15, 0.2) is 60.2 Å². The minimum absolute atomic E-state index is 0.157. The van der Waals surface area contributed by atoms with Gasteiger partial charge in [-0.15, -0.1) is 11.3 Å². The topological polar surface area (TPSA) is 101 Å². The molecule has 0 amide bonds. The number of benzene rings is 2. The Labute approximate surface area is 205 Å². The lowest BCUT2D eigenvalue weighted by atomic mass is 10.2. The molecule has 0 aliphatic rings. The van der Waals surface area contributed by atoms with Crippen LogP contribution in [-0.4, -0.2) is 24.9 Å². The lowest BCUT2D eigenvalue weighted by molar-refractivity contribution is -0.140. The summed E-state index contributed by atoms with van der Waals surface area (Å²) in [6.45, 7) is 0.502. The number of thiazole rings is 1. The van der Waals surface area contributed by atoms with Crippen molar-refractivity contribution in [1.82, 2.24) is 24.9 Å². The largest absolute Gasteiger partial charge is 0.434 e. The summed E-state index contributed by atoms with van der Waals surface area (Å²) in [4.78, 5) is 19.2. The minimum atomic E-state index is -4.47. The van der Waals surface area contributed by atoms with E-state index in [-0.39, 0.29) is 11.1 Å². The first-order chi connectivity index (χ1) is 16.8. The van der Waals surface area contributed by atoms with Crippen LogP contribution in [0.4, 0.5) is 29.9 Å². The number of halogens is 4. The Morgan fingerprint density at radius 3 is 2.51 bits per heavy atom. The average Bonchev–Trinajstić information content (AvgIpc) is 3.47. The van der Waals surface area contributed by atoms with E-state index >= 15 is 0 Å². The Morgan fingerprint density at radius 1 is 1.03 bits per heavy atom. The van der Waals surface area contributed by atoms with Crippen molar-refractivity contribution >= 4 is 50.7 Å². The van der Waals surface area contributed by atoms with E-state index in [1.54, 1.807) is 30.3 Å². The number of anilines is 3. The van der Waals surface area contributed by atoms with Crippen LogP contribution in [0, 0.1) is 0 Å². The highest BCUT2D eigenvalue weighted by Gasteiger charge is 2.33. The molecule has 0 saturated carbocycles. The highest BCUT2D eigenvalue weighted by Crippen LogP contribution is 2.33. The lowest BCUT2D eigenvalue weighted by Crippen LogP contribution is -2.05. The van der Waals surface area contributed by atoms with Crippen molar-refractivity contribution in [3.8, 4) is 11.8 Å². The Hall–Kier alpha value is -3.90. The summed E-state index contributed by atoms with van der Waals surface area (Å²) in [7, 11) is 0. The van der Waals surface area contributed by atoms with Crippen molar-refractivity contribution < 1.29 is 17.9 Å². The van der Waals surface area contributed by atoms with Crippen LogP contribution in [0.2, 0.25) is 5.02 Å². The fourth-order valence-corrected chi connectivity index (χ4v) is 3.91. The normalized spacial score (nSPS) is 11.5. The van der Waals surface area contributed by atoms with Gasteiger partial charge in [0.2, 0.25) is 5.95 Å². The van der Waals surface area contributed by atoms with Crippen molar-refractivity contribution in [2.24, 2.45) is 0 Å². The molecule has 0 aliphatic heterocycles. The smallest absolute Gasteiger partial charge is 0.424 e. The number of hydrogen-bond donors (Lipinski definition) is 3. The SMILES string of the molecule is FC(F)(F)c1csc(Nc2ccc3nc(NCc4ccc(Oc5ncc(Cl)cn5)cc4)[nH]c3c2)n1. The maximum Gasteiger partial charge on any atom is 0.434 e. The molecule has 8 nitrogen and oxygen atoms in total. The summed E-state index contributed by atoms with van der Waals surface area (Å²) < 4.78 is 43.8. The molecule has 0 fully saturated rings. The number of fused-ring (bicyclic) bond motifs is 1. The van der Waals surface area contributed by atoms with E-state index in [1.165, 1.54) is 12.4 Å². The molecule has 0 radical (unpaired) electrons. The second-order valence-corrected chi connectivity index (χ2v) is 8.56. The number of H-pyrrole nitrogens is 1. The number of aromatic amines is 1. The summed E-state index contributed by atoms with van der Waals surface area (Å²) in [5, 5.41) is 7.66. The zero-order valence-electron chi connectivity index (χ0n) is 17.6. The number of imidazole rings is 1. The highest BCUT2D eigenvalue weighted by atomic mass is 35.5. The van der Waals surface area contributed by atoms with Crippen molar-refractivity contribution in [3.05, 3.63) is 76.5 Å². The summed E-state index contributed by atoms with van der Waals surface area (Å²) in [5.41, 5.74) is 2.09. The van der Waals surface area contributed by atoms with Crippen LogP contribution < -0.4 is 15.4 Å². The highest BCUT2D eigenvalue weighted by molar-refractivity contribution is 7.13. The number of aromatic nitrogens is 5. The van der Waals surface area contributed by atoms with E-state index in [1.807, 2.05) is 12.1 Å². The molecule has 2 aromatic carbocycles. The molecule has 13 heteroatoms. The molecule has 0 spiro atoms. The first-order valence-corrected chi connectivity index (χ1v) is 11.4. The molecule has 0 unspecified atom stereocenters. The van der Waals surface area contributed by atoms with Gasteiger partial charge in [0.1, 0.15) is 5.75 Å². The van der Waals surface area contributed by atoms with Gasteiger partial charge in [0.05, 0.1) is 28.4 Å².